The highest BCUT2D eigenvalue weighted by molar-refractivity contribution is 7.90. The molecule has 0 aliphatic carbocycles. The van der Waals surface area contributed by atoms with Crippen molar-refractivity contribution in [1.82, 2.24) is 10.6 Å². The minimum Gasteiger partial charge on any atom is -0.354 e. The number of hydrogen-bond acceptors (Lipinski definition) is 5. The van der Waals surface area contributed by atoms with Crippen molar-refractivity contribution in [3.63, 3.8) is 0 Å². The van der Waals surface area contributed by atoms with E-state index < -0.39 is 15.9 Å². The molecule has 6 nitrogen and oxygen atoms in total. The summed E-state index contributed by atoms with van der Waals surface area (Å²) in [6.07, 6.45) is 2.11. The Bertz CT molecular complexity index is 618. The lowest BCUT2D eigenvalue weighted by molar-refractivity contribution is -0.123. The average molecular weight is 370 g/mol. The van der Waals surface area contributed by atoms with Crippen LogP contribution >= 0.6 is 0 Å². The van der Waals surface area contributed by atoms with E-state index in [4.69, 9.17) is 5.73 Å². The normalized spacial score (nSPS) is 14.3. The van der Waals surface area contributed by atoms with Gasteiger partial charge in [0.15, 0.2) is 0 Å². The van der Waals surface area contributed by atoms with Crippen LogP contribution in [-0.2, 0) is 21.1 Å². The first-order valence-electron chi connectivity index (χ1n) is 8.65. The van der Waals surface area contributed by atoms with Gasteiger partial charge in [0.2, 0.25) is 5.91 Å². The van der Waals surface area contributed by atoms with E-state index in [1.165, 1.54) is 6.26 Å². The number of hydrogen-bond donors (Lipinski definition) is 3. The van der Waals surface area contributed by atoms with Crippen LogP contribution in [0.4, 0.5) is 0 Å². The summed E-state index contributed by atoms with van der Waals surface area (Å²) in [6, 6.07) is 9.18. The van der Waals surface area contributed by atoms with Crippen molar-refractivity contribution in [2.45, 2.75) is 38.8 Å². The number of carbonyl (C=O) groups excluding carboxylic acids is 1. The van der Waals surface area contributed by atoms with Gasteiger partial charge in [-0.2, -0.15) is 0 Å². The van der Waals surface area contributed by atoms with Gasteiger partial charge in [-0.1, -0.05) is 44.2 Å². The second-order valence-corrected chi connectivity index (χ2v) is 9.23. The summed E-state index contributed by atoms with van der Waals surface area (Å²) in [5.74, 6) is 0.123. The molecule has 2 atom stereocenters. The van der Waals surface area contributed by atoms with Crippen LogP contribution < -0.4 is 16.4 Å². The molecule has 0 aliphatic rings. The maximum Gasteiger partial charge on any atom is 0.237 e. The highest BCUT2D eigenvalue weighted by atomic mass is 32.2. The lowest BCUT2D eigenvalue weighted by Gasteiger charge is -2.21. The number of carbonyl (C=O) groups is 1. The molecule has 0 fully saturated rings. The molecule has 0 heterocycles. The zero-order valence-corrected chi connectivity index (χ0v) is 16.2. The maximum absolute atomic E-state index is 12.3. The fourth-order valence-electron chi connectivity index (χ4n) is 2.37. The van der Waals surface area contributed by atoms with Gasteiger partial charge in [0.25, 0.3) is 0 Å². The average Bonchev–Trinajstić information content (AvgIpc) is 2.52. The van der Waals surface area contributed by atoms with Crippen molar-refractivity contribution in [2.75, 3.05) is 25.1 Å². The van der Waals surface area contributed by atoms with Gasteiger partial charge < -0.3 is 16.4 Å². The number of nitrogens with two attached hydrogens (primary N) is 1. The molecule has 0 radical (unpaired) electrons. The van der Waals surface area contributed by atoms with Crippen LogP contribution in [0.15, 0.2) is 30.3 Å². The molecule has 1 aromatic rings. The van der Waals surface area contributed by atoms with Crippen molar-refractivity contribution < 1.29 is 13.2 Å². The third kappa shape index (κ3) is 10.2. The summed E-state index contributed by atoms with van der Waals surface area (Å²) in [4.78, 5) is 12.3. The number of sulfone groups is 1. The summed E-state index contributed by atoms with van der Waals surface area (Å²) in [7, 11) is -3.12. The molecule has 0 saturated carbocycles. The Labute approximate surface area is 151 Å². The summed E-state index contributed by atoms with van der Waals surface area (Å²) in [5, 5.41) is 5.99. The summed E-state index contributed by atoms with van der Waals surface area (Å²) in [5.41, 5.74) is 7.28. The molecule has 1 amide bonds. The van der Waals surface area contributed by atoms with Gasteiger partial charge in [0.1, 0.15) is 9.84 Å². The van der Waals surface area contributed by atoms with Gasteiger partial charge in [0, 0.05) is 25.4 Å². The summed E-state index contributed by atoms with van der Waals surface area (Å²) in [6.45, 7) is 5.02. The Morgan fingerprint density at radius 1 is 1.16 bits per heavy atom. The Kier molecular flexibility index (Phi) is 9.10. The largest absolute Gasteiger partial charge is 0.354 e. The lowest BCUT2D eigenvalue weighted by Crippen LogP contribution is -2.49. The van der Waals surface area contributed by atoms with Crippen LogP contribution in [0.25, 0.3) is 0 Å². The number of nitrogens with one attached hydrogen (secondary N) is 2. The predicted molar refractivity (Wildman–Crippen MR) is 102 cm³/mol. The minimum atomic E-state index is -3.12. The second-order valence-electron chi connectivity index (χ2n) is 6.97. The van der Waals surface area contributed by atoms with Crippen molar-refractivity contribution in [3.05, 3.63) is 35.9 Å². The van der Waals surface area contributed by atoms with Crippen LogP contribution in [0.3, 0.4) is 0 Å². The first-order valence-corrected chi connectivity index (χ1v) is 10.7. The van der Waals surface area contributed by atoms with Crippen LogP contribution in [0, 0.1) is 5.92 Å². The quantitative estimate of drug-likeness (QED) is 0.534. The van der Waals surface area contributed by atoms with E-state index in [-0.39, 0.29) is 24.1 Å². The molecule has 0 aromatic heterocycles. The lowest BCUT2D eigenvalue weighted by atomic mass is 10.1. The maximum atomic E-state index is 12.3. The Hall–Kier alpha value is -1.44. The van der Waals surface area contributed by atoms with Crippen molar-refractivity contribution >= 4 is 15.7 Å². The molecule has 25 heavy (non-hydrogen) atoms. The Morgan fingerprint density at radius 2 is 1.80 bits per heavy atom. The Balaban J connectivity index is 2.57. The zero-order chi connectivity index (χ0) is 18.9. The van der Waals surface area contributed by atoms with E-state index in [1.807, 2.05) is 44.2 Å². The van der Waals surface area contributed by atoms with Gasteiger partial charge in [-0.05, 0) is 24.3 Å². The van der Waals surface area contributed by atoms with E-state index in [9.17, 15) is 13.2 Å². The minimum absolute atomic E-state index is 0.0340. The van der Waals surface area contributed by atoms with Crippen LogP contribution in [0.2, 0.25) is 0 Å². The van der Waals surface area contributed by atoms with Gasteiger partial charge >= 0.3 is 0 Å². The predicted octanol–water partition coefficient (Wildman–Crippen LogP) is 0.722. The van der Waals surface area contributed by atoms with Crippen LogP contribution in [0.5, 0.6) is 0 Å². The monoisotopic (exact) mass is 369 g/mol. The van der Waals surface area contributed by atoms with Gasteiger partial charge in [-0.15, -0.1) is 0 Å². The topological polar surface area (TPSA) is 101 Å². The third-order valence-corrected chi connectivity index (χ3v) is 4.72. The van der Waals surface area contributed by atoms with Gasteiger partial charge in [-0.25, -0.2) is 8.42 Å². The molecule has 7 heteroatoms. The van der Waals surface area contributed by atoms with E-state index in [0.717, 1.165) is 5.56 Å². The zero-order valence-electron chi connectivity index (χ0n) is 15.4. The van der Waals surface area contributed by atoms with Crippen molar-refractivity contribution in [2.24, 2.45) is 11.7 Å². The highest BCUT2D eigenvalue weighted by Crippen LogP contribution is 2.03. The highest BCUT2D eigenvalue weighted by Gasteiger charge is 2.20. The number of benzene rings is 1. The molecule has 0 bridgehead atoms. The van der Waals surface area contributed by atoms with E-state index in [2.05, 4.69) is 10.6 Å². The third-order valence-electron chi connectivity index (χ3n) is 3.75. The summed E-state index contributed by atoms with van der Waals surface area (Å²) >= 11 is 0. The first kappa shape index (κ1) is 21.6. The number of amides is 1. The smallest absolute Gasteiger partial charge is 0.237 e. The van der Waals surface area contributed by atoms with E-state index >= 15 is 0 Å². The van der Waals surface area contributed by atoms with E-state index in [1.54, 1.807) is 0 Å². The fraction of sp³-hybridized carbons (Fsp3) is 0.611. The standard InChI is InChI=1S/C18H31N3O3S/c1-14(2)12-21-18(22)17(9-10-25(3,23)24)20-13-16(19)11-15-7-5-4-6-8-15/h4-8,14,16-17,20H,9-13,19H2,1-3H3,(H,21,22)/t16?,17-/m0/s1. The molecule has 4 N–H and O–H groups in total. The van der Waals surface area contributed by atoms with Crippen LogP contribution in [0.1, 0.15) is 25.8 Å². The van der Waals surface area contributed by atoms with Crippen molar-refractivity contribution in [1.29, 1.82) is 0 Å². The molecule has 0 aliphatic heterocycles. The SMILES string of the molecule is CC(C)CNC(=O)[C@H](CCS(C)(=O)=O)NCC(N)Cc1ccccc1. The first-order chi connectivity index (χ1) is 11.7. The molecule has 1 unspecified atom stereocenters. The van der Waals surface area contributed by atoms with Crippen LogP contribution in [-0.4, -0.2) is 51.5 Å². The summed E-state index contributed by atoms with van der Waals surface area (Å²) < 4.78 is 22.8. The molecule has 1 aromatic carbocycles. The van der Waals surface area contributed by atoms with E-state index in [0.29, 0.717) is 25.4 Å². The van der Waals surface area contributed by atoms with Gasteiger partial charge in [0.05, 0.1) is 11.8 Å². The molecule has 142 valence electrons. The molecule has 0 spiro atoms. The molecule has 1 rings (SSSR count). The van der Waals surface area contributed by atoms with Gasteiger partial charge in [-0.3, -0.25) is 4.79 Å². The number of rotatable bonds is 11. The van der Waals surface area contributed by atoms with Crippen molar-refractivity contribution in [3.8, 4) is 0 Å². The Morgan fingerprint density at radius 3 is 2.36 bits per heavy atom. The second kappa shape index (κ2) is 10.5. The molecule has 0 saturated heterocycles. The molecular formula is C18H31N3O3S. The molecular weight excluding hydrogens is 338 g/mol. The fourth-order valence-corrected chi connectivity index (χ4v) is 3.03.